The number of aromatic amines is 1. The average Bonchev–Trinajstić information content (AvgIpc) is 2.70. The lowest BCUT2D eigenvalue weighted by Gasteiger charge is -2.30. The molecule has 1 saturated heterocycles. The van der Waals surface area contributed by atoms with E-state index >= 15 is 0 Å². The first-order valence-electron chi connectivity index (χ1n) is 5.78. The number of hydrogen-bond acceptors (Lipinski definition) is 8. The molecule has 0 unspecified atom stereocenters. The third kappa shape index (κ3) is 1.96. The molecule has 0 aliphatic carbocycles. The Kier molecular flexibility index (Phi) is 3.63. The van der Waals surface area contributed by atoms with Crippen LogP contribution in [0.3, 0.4) is 0 Å². The monoisotopic (exact) mass is 300 g/mol. The molecule has 114 valence electrons. The quantitative estimate of drug-likeness (QED) is 0.413. The lowest BCUT2D eigenvalue weighted by molar-refractivity contribution is -0.173. The van der Waals surface area contributed by atoms with E-state index in [0.29, 0.717) is 4.57 Å². The summed E-state index contributed by atoms with van der Waals surface area (Å²) in [5.41, 5.74) is -6.87. The van der Waals surface area contributed by atoms with Crippen molar-refractivity contribution in [2.24, 2.45) is 0 Å². The second kappa shape index (κ2) is 5.00. The second-order valence-corrected chi connectivity index (χ2v) is 4.58. The molecular weight excluding hydrogens is 288 g/mol. The molecule has 0 bridgehead atoms. The molecule has 0 amide bonds. The fourth-order valence-electron chi connectivity index (χ4n) is 2.17. The smallest absolute Gasteiger partial charge is 0.330 e. The average molecular weight is 300 g/mol. The summed E-state index contributed by atoms with van der Waals surface area (Å²) in [5, 5.41) is 29.4. The number of aldehydes is 2. The van der Waals surface area contributed by atoms with Crippen LogP contribution in [0, 0.1) is 0 Å². The van der Waals surface area contributed by atoms with Crippen LogP contribution in [-0.2, 0) is 14.3 Å². The fourth-order valence-corrected chi connectivity index (χ4v) is 2.17. The van der Waals surface area contributed by atoms with Gasteiger partial charge in [-0.3, -0.25) is 23.9 Å². The Balaban J connectivity index is 2.58. The molecule has 10 nitrogen and oxygen atoms in total. The van der Waals surface area contributed by atoms with Gasteiger partial charge in [0.05, 0.1) is 6.61 Å². The van der Waals surface area contributed by atoms with E-state index in [0.717, 1.165) is 12.3 Å². The molecule has 1 aliphatic rings. The highest BCUT2D eigenvalue weighted by Gasteiger charge is 2.66. The Bertz CT molecular complexity index is 673. The summed E-state index contributed by atoms with van der Waals surface area (Å²) in [5.74, 6) is 0. The van der Waals surface area contributed by atoms with Gasteiger partial charge in [0.2, 0.25) is 0 Å². The van der Waals surface area contributed by atoms with Crippen molar-refractivity contribution in [2.45, 2.75) is 23.5 Å². The zero-order valence-electron chi connectivity index (χ0n) is 10.5. The van der Waals surface area contributed by atoms with E-state index in [9.17, 15) is 34.5 Å². The summed E-state index contributed by atoms with van der Waals surface area (Å²) in [6, 6.07) is 0.942. The van der Waals surface area contributed by atoms with Crippen LogP contribution in [0.5, 0.6) is 0 Å². The number of rotatable bonds is 4. The lowest BCUT2D eigenvalue weighted by Crippen LogP contribution is -2.60. The zero-order valence-corrected chi connectivity index (χ0v) is 10.5. The molecule has 0 saturated carbocycles. The molecule has 4 atom stereocenters. The van der Waals surface area contributed by atoms with Gasteiger partial charge in [0.25, 0.3) is 5.56 Å². The van der Waals surface area contributed by atoms with E-state index < -0.39 is 41.4 Å². The van der Waals surface area contributed by atoms with Crippen molar-refractivity contribution >= 4 is 12.6 Å². The SMILES string of the molecule is O=C[C@]1(CO)O[C@@H](n2ccc(=O)[nH]c2=O)[C@H](O)[C@@]1(O)C=O. The van der Waals surface area contributed by atoms with E-state index in [1.807, 2.05) is 4.98 Å². The van der Waals surface area contributed by atoms with E-state index in [4.69, 9.17) is 4.74 Å². The summed E-state index contributed by atoms with van der Waals surface area (Å²) in [6.45, 7) is -1.10. The summed E-state index contributed by atoms with van der Waals surface area (Å²) in [6.07, 6.45) is -2.88. The highest BCUT2D eigenvalue weighted by Crippen LogP contribution is 2.41. The molecule has 4 N–H and O–H groups in total. The first-order chi connectivity index (χ1) is 9.85. The van der Waals surface area contributed by atoms with Crippen molar-refractivity contribution in [1.82, 2.24) is 9.55 Å². The highest BCUT2D eigenvalue weighted by molar-refractivity contribution is 5.80. The van der Waals surface area contributed by atoms with Crippen LogP contribution in [0.2, 0.25) is 0 Å². The van der Waals surface area contributed by atoms with Crippen molar-refractivity contribution in [3.63, 3.8) is 0 Å². The van der Waals surface area contributed by atoms with Gasteiger partial charge in [-0.15, -0.1) is 0 Å². The molecule has 2 heterocycles. The van der Waals surface area contributed by atoms with Crippen LogP contribution < -0.4 is 11.2 Å². The number of carbonyl (C=O) groups is 2. The molecule has 1 aromatic heterocycles. The van der Waals surface area contributed by atoms with Crippen LogP contribution in [0.25, 0.3) is 0 Å². The second-order valence-electron chi connectivity index (χ2n) is 4.58. The Morgan fingerprint density at radius 2 is 2.05 bits per heavy atom. The van der Waals surface area contributed by atoms with Gasteiger partial charge in [-0.05, 0) is 0 Å². The third-order valence-electron chi connectivity index (χ3n) is 3.46. The van der Waals surface area contributed by atoms with Gasteiger partial charge in [0, 0.05) is 12.3 Å². The van der Waals surface area contributed by atoms with Crippen molar-refractivity contribution in [3.8, 4) is 0 Å². The number of H-pyrrole nitrogens is 1. The predicted molar refractivity (Wildman–Crippen MR) is 64.3 cm³/mol. The summed E-state index contributed by atoms with van der Waals surface area (Å²) in [4.78, 5) is 46.7. The standard InChI is InChI=1S/C11H12N2O8/c14-3-10(4-15)11(20,5-16)7(18)8(21-10)13-2-1-6(17)12-9(13)19/h1-3,5,7-8,15,18,20H,4H2,(H,12,17,19)/t7-,8+,10+,11-/m0/s1. The Labute approximate surface area is 116 Å². The number of aliphatic hydroxyl groups is 3. The molecule has 0 spiro atoms. The number of aromatic nitrogens is 2. The van der Waals surface area contributed by atoms with Crippen LogP contribution in [0.15, 0.2) is 21.9 Å². The largest absolute Gasteiger partial charge is 0.393 e. The molecule has 0 radical (unpaired) electrons. The minimum Gasteiger partial charge on any atom is -0.393 e. The van der Waals surface area contributed by atoms with Gasteiger partial charge < -0.3 is 20.1 Å². The Morgan fingerprint density at radius 1 is 1.38 bits per heavy atom. The van der Waals surface area contributed by atoms with Crippen LogP contribution in [0.1, 0.15) is 6.23 Å². The van der Waals surface area contributed by atoms with Crippen LogP contribution in [-0.4, -0.2) is 61.4 Å². The van der Waals surface area contributed by atoms with Crippen molar-refractivity contribution in [1.29, 1.82) is 0 Å². The zero-order chi connectivity index (χ0) is 15.8. The Morgan fingerprint density at radius 3 is 2.48 bits per heavy atom. The number of ether oxygens (including phenoxy) is 1. The number of carbonyl (C=O) groups excluding carboxylic acids is 2. The summed E-state index contributed by atoms with van der Waals surface area (Å²) < 4.78 is 5.75. The van der Waals surface area contributed by atoms with E-state index in [-0.39, 0.29) is 12.6 Å². The highest BCUT2D eigenvalue weighted by atomic mass is 16.6. The summed E-state index contributed by atoms with van der Waals surface area (Å²) in [7, 11) is 0. The minimum atomic E-state index is -2.75. The summed E-state index contributed by atoms with van der Waals surface area (Å²) >= 11 is 0. The Hall–Kier alpha value is -2.14. The number of nitrogens with zero attached hydrogens (tertiary/aromatic N) is 1. The van der Waals surface area contributed by atoms with Gasteiger partial charge in [0.15, 0.2) is 30.0 Å². The maximum absolute atomic E-state index is 11.7. The van der Waals surface area contributed by atoms with Gasteiger partial charge in [-0.1, -0.05) is 0 Å². The molecule has 21 heavy (non-hydrogen) atoms. The van der Waals surface area contributed by atoms with Gasteiger partial charge in [0.1, 0.15) is 6.10 Å². The molecule has 10 heteroatoms. The first kappa shape index (κ1) is 15.3. The van der Waals surface area contributed by atoms with Gasteiger partial charge >= 0.3 is 5.69 Å². The van der Waals surface area contributed by atoms with Crippen molar-refractivity contribution < 1.29 is 29.6 Å². The minimum absolute atomic E-state index is 0.0265. The lowest BCUT2D eigenvalue weighted by atomic mass is 9.83. The molecule has 2 rings (SSSR count). The fraction of sp³-hybridized carbons (Fsp3) is 0.455. The van der Waals surface area contributed by atoms with Crippen molar-refractivity contribution in [2.75, 3.05) is 6.61 Å². The van der Waals surface area contributed by atoms with E-state index in [1.54, 1.807) is 0 Å². The van der Waals surface area contributed by atoms with Gasteiger partial charge in [-0.25, -0.2) is 4.79 Å². The van der Waals surface area contributed by atoms with Crippen LogP contribution in [0.4, 0.5) is 0 Å². The maximum atomic E-state index is 11.7. The predicted octanol–water partition coefficient (Wildman–Crippen LogP) is -3.71. The van der Waals surface area contributed by atoms with Crippen LogP contribution >= 0.6 is 0 Å². The molecule has 1 fully saturated rings. The number of aliphatic hydroxyl groups excluding tert-OH is 2. The van der Waals surface area contributed by atoms with Crippen molar-refractivity contribution in [3.05, 3.63) is 33.1 Å². The third-order valence-corrected chi connectivity index (χ3v) is 3.46. The topological polar surface area (TPSA) is 159 Å². The maximum Gasteiger partial charge on any atom is 0.330 e. The number of hydrogen-bond donors (Lipinski definition) is 4. The molecular formula is C11H12N2O8. The molecule has 0 aromatic carbocycles. The van der Waals surface area contributed by atoms with Gasteiger partial charge in [-0.2, -0.15) is 0 Å². The molecule has 1 aliphatic heterocycles. The number of nitrogens with one attached hydrogen (secondary N) is 1. The first-order valence-corrected chi connectivity index (χ1v) is 5.78. The molecule has 1 aromatic rings. The van der Waals surface area contributed by atoms with E-state index in [2.05, 4.69) is 0 Å². The normalized spacial score (nSPS) is 35.6. The van der Waals surface area contributed by atoms with E-state index in [1.165, 1.54) is 0 Å².